The average Bonchev–Trinajstić information content (AvgIpc) is 2.48. The van der Waals surface area contributed by atoms with Crippen LogP contribution < -0.4 is 10.9 Å². The molecule has 5 heteroatoms. The zero-order chi connectivity index (χ0) is 15.9. The van der Waals surface area contributed by atoms with E-state index in [9.17, 15) is 9.59 Å². The number of amides is 1. The number of likely N-dealkylation sites (N-methyl/N-ethyl adjacent to an activating group) is 1. The van der Waals surface area contributed by atoms with Gasteiger partial charge in [0.1, 0.15) is 0 Å². The molecule has 0 aliphatic rings. The number of hydrogen-bond donors (Lipinski definition) is 2. The van der Waals surface area contributed by atoms with Crippen LogP contribution in [0.4, 0.5) is 0 Å². The minimum absolute atomic E-state index is 0.00294. The lowest BCUT2D eigenvalue weighted by molar-refractivity contribution is 0.0930. The number of hydrogen-bond acceptors (Lipinski definition) is 3. The molecule has 0 saturated heterocycles. The third kappa shape index (κ3) is 4.86. The monoisotopic (exact) mass is 299 g/mol. The van der Waals surface area contributed by atoms with Gasteiger partial charge in [0.05, 0.1) is 5.56 Å². The molecule has 1 heterocycles. The van der Waals surface area contributed by atoms with Gasteiger partial charge in [-0.15, -0.1) is 0 Å². The zero-order valence-corrected chi connectivity index (χ0v) is 12.9. The van der Waals surface area contributed by atoms with Gasteiger partial charge in [0.2, 0.25) is 5.56 Å². The molecule has 0 bridgehead atoms. The molecule has 0 spiro atoms. The Morgan fingerprint density at radius 2 is 1.91 bits per heavy atom. The van der Waals surface area contributed by atoms with Gasteiger partial charge in [-0.3, -0.25) is 9.59 Å². The van der Waals surface area contributed by atoms with E-state index in [-0.39, 0.29) is 17.5 Å². The maximum absolute atomic E-state index is 12.3. The Balaban J connectivity index is 2.07. The number of aromatic nitrogens is 1. The highest BCUT2D eigenvalue weighted by atomic mass is 16.2. The molecule has 0 radical (unpaired) electrons. The summed E-state index contributed by atoms with van der Waals surface area (Å²) in [5.41, 5.74) is 1.42. The Bertz CT molecular complexity index is 645. The number of carbonyl (C=O) groups excluding carboxylic acids is 1. The van der Waals surface area contributed by atoms with Crippen molar-refractivity contribution in [1.82, 2.24) is 15.2 Å². The predicted octanol–water partition coefficient (Wildman–Crippen LogP) is 1.28. The summed E-state index contributed by atoms with van der Waals surface area (Å²) in [6.45, 7) is 0.740. The van der Waals surface area contributed by atoms with Crippen LogP contribution in [0.25, 0.3) is 0 Å². The summed E-state index contributed by atoms with van der Waals surface area (Å²) < 4.78 is 0. The highest BCUT2D eigenvalue weighted by Crippen LogP contribution is 2.05. The van der Waals surface area contributed by atoms with Gasteiger partial charge in [0, 0.05) is 24.8 Å². The van der Waals surface area contributed by atoms with Crippen LogP contribution >= 0.6 is 0 Å². The van der Waals surface area contributed by atoms with Crippen LogP contribution in [0.15, 0.2) is 53.5 Å². The van der Waals surface area contributed by atoms with E-state index in [2.05, 4.69) is 22.4 Å². The largest absolute Gasteiger partial charge is 0.348 e. The Hall–Kier alpha value is -2.40. The number of carbonyl (C=O) groups is 1. The van der Waals surface area contributed by atoms with E-state index in [1.165, 1.54) is 23.9 Å². The Kier molecular flexibility index (Phi) is 5.49. The van der Waals surface area contributed by atoms with Gasteiger partial charge >= 0.3 is 0 Å². The molecule has 0 saturated carbocycles. The van der Waals surface area contributed by atoms with Crippen molar-refractivity contribution in [3.8, 4) is 0 Å². The average molecular weight is 299 g/mol. The van der Waals surface area contributed by atoms with Crippen molar-refractivity contribution in [2.24, 2.45) is 0 Å². The van der Waals surface area contributed by atoms with Gasteiger partial charge in [-0.25, -0.2) is 0 Å². The van der Waals surface area contributed by atoms with E-state index in [4.69, 9.17) is 0 Å². The van der Waals surface area contributed by atoms with E-state index < -0.39 is 0 Å². The van der Waals surface area contributed by atoms with Gasteiger partial charge < -0.3 is 15.2 Å². The lowest BCUT2D eigenvalue weighted by Gasteiger charge is -2.22. The summed E-state index contributed by atoms with van der Waals surface area (Å²) >= 11 is 0. The van der Waals surface area contributed by atoms with Crippen LogP contribution in [-0.2, 0) is 6.42 Å². The fourth-order valence-electron chi connectivity index (χ4n) is 2.32. The normalized spacial score (nSPS) is 12.1. The topological polar surface area (TPSA) is 65.2 Å². The first-order valence-corrected chi connectivity index (χ1v) is 7.23. The molecule has 0 unspecified atom stereocenters. The standard InChI is InChI=1S/C17H21N3O2/c1-20(2)12-15(10-13-6-4-3-5-7-13)19-17(22)14-8-9-16(21)18-11-14/h3-9,11,15H,10,12H2,1-2H3,(H,18,21)(H,19,22)/t15-/m1/s1. The molecule has 116 valence electrons. The summed E-state index contributed by atoms with van der Waals surface area (Å²) in [5.74, 6) is -0.181. The van der Waals surface area contributed by atoms with Crippen molar-refractivity contribution in [2.75, 3.05) is 20.6 Å². The van der Waals surface area contributed by atoms with Gasteiger partial charge in [-0.05, 0) is 32.1 Å². The summed E-state index contributed by atoms with van der Waals surface area (Å²) in [5, 5.41) is 3.03. The quantitative estimate of drug-likeness (QED) is 0.844. The first kappa shape index (κ1) is 16.0. The van der Waals surface area contributed by atoms with Crippen molar-refractivity contribution in [2.45, 2.75) is 12.5 Å². The van der Waals surface area contributed by atoms with Gasteiger partial charge in [0.15, 0.2) is 0 Å². The number of nitrogens with zero attached hydrogens (tertiary/aromatic N) is 1. The molecular formula is C17H21N3O2. The summed E-state index contributed by atoms with van der Waals surface area (Å²) in [4.78, 5) is 27.9. The van der Waals surface area contributed by atoms with Crippen LogP contribution in [0.5, 0.6) is 0 Å². The molecule has 2 aromatic rings. The lowest BCUT2D eigenvalue weighted by atomic mass is 10.1. The van der Waals surface area contributed by atoms with Gasteiger partial charge in [0.25, 0.3) is 5.91 Å². The Labute approximate surface area is 130 Å². The second kappa shape index (κ2) is 7.56. The number of pyridine rings is 1. The number of nitrogens with one attached hydrogen (secondary N) is 2. The van der Waals surface area contributed by atoms with Crippen molar-refractivity contribution in [3.63, 3.8) is 0 Å². The Morgan fingerprint density at radius 3 is 2.50 bits per heavy atom. The molecule has 2 rings (SSSR count). The fraction of sp³-hybridized carbons (Fsp3) is 0.294. The molecule has 1 aromatic carbocycles. The van der Waals surface area contributed by atoms with Crippen molar-refractivity contribution < 1.29 is 4.79 Å². The maximum Gasteiger partial charge on any atom is 0.253 e. The maximum atomic E-state index is 12.3. The Morgan fingerprint density at radius 1 is 1.18 bits per heavy atom. The number of benzene rings is 1. The third-order valence-corrected chi connectivity index (χ3v) is 3.29. The molecule has 2 N–H and O–H groups in total. The van der Waals surface area contributed by atoms with Crippen LogP contribution in [0.3, 0.4) is 0 Å². The first-order valence-electron chi connectivity index (χ1n) is 7.23. The van der Waals surface area contributed by atoms with E-state index in [0.29, 0.717) is 5.56 Å². The van der Waals surface area contributed by atoms with E-state index in [1.807, 2.05) is 37.2 Å². The molecule has 0 aliphatic carbocycles. The molecular weight excluding hydrogens is 278 g/mol. The van der Waals surface area contributed by atoms with E-state index in [0.717, 1.165) is 13.0 Å². The molecule has 1 amide bonds. The molecule has 1 aromatic heterocycles. The summed E-state index contributed by atoms with van der Waals surface area (Å²) in [7, 11) is 3.95. The second-order valence-corrected chi connectivity index (χ2v) is 5.56. The number of aromatic amines is 1. The smallest absolute Gasteiger partial charge is 0.253 e. The molecule has 0 aliphatic heterocycles. The molecule has 0 fully saturated rings. The van der Waals surface area contributed by atoms with Crippen LogP contribution in [0.1, 0.15) is 15.9 Å². The van der Waals surface area contributed by atoms with Crippen molar-refractivity contribution in [3.05, 3.63) is 70.1 Å². The highest BCUT2D eigenvalue weighted by Gasteiger charge is 2.15. The summed E-state index contributed by atoms with van der Waals surface area (Å²) in [6, 6.07) is 12.9. The van der Waals surface area contributed by atoms with Crippen molar-refractivity contribution in [1.29, 1.82) is 0 Å². The van der Waals surface area contributed by atoms with Gasteiger partial charge in [-0.1, -0.05) is 30.3 Å². The van der Waals surface area contributed by atoms with Crippen molar-refractivity contribution >= 4 is 5.91 Å². The third-order valence-electron chi connectivity index (χ3n) is 3.29. The van der Waals surface area contributed by atoms with Gasteiger partial charge in [-0.2, -0.15) is 0 Å². The SMILES string of the molecule is CN(C)C[C@@H](Cc1ccccc1)NC(=O)c1ccc(=O)[nH]c1. The minimum atomic E-state index is -0.217. The van der Waals surface area contributed by atoms with Crippen LogP contribution in [0.2, 0.25) is 0 Å². The molecule has 5 nitrogen and oxygen atoms in total. The van der Waals surface area contributed by atoms with E-state index in [1.54, 1.807) is 0 Å². The second-order valence-electron chi connectivity index (χ2n) is 5.56. The van der Waals surface area contributed by atoms with Crippen LogP contribution in [-0.4, -0.2) is 42.5 Å². The first-order chi connectivity index (χ1) is 10.5. The number of rotatable bonds is 6. The van der Waals surface area contributed by atoms with Crippen LogP contribution in [0, 0.1) is 0 Å². The minimum Gasteiger partial charge on any atom is -0.348 e. The summed E-state index contributed by atoms with van der Waals surface area (Å²) in [6.07, 6.45) is 2.20. The lowest BCUT2D eigenvalue weighted by Crippen LogP contribution is -2.43. The number of H-pyrrole nitrogens is 1. The fourth-order valence-corrected chi connectivity index (χ4v) is 2.32. The van der Waals surface area contributed by atoms with E-state index >= 15 is 0 Å². The molecule has 1 atom stereocenters. The zero-order valence-electron chi connectivity index (χ0n) is 12.9. The highest BCUT2D eigenvalue weighted by molar-refractivity contribution is 5.94. The predicted molar refractivity (Wildman–Crippen MR) is 87.0 cm³/mol. The molecule has 22 heavy (non-hydrogen) atoms.